The lowest BCUT2D eigenvalue weighted by atomic mass is 10.1. The summed E-state index contributed by atoms with van der Waals surface area (Å²) in [7, 11) is 2.09. The summed E-state index contributed by atoms with van der Waals surface area (Å²) in [5.74, 6) is 0.835. The van der Waals surface area contributed by atoms with Gasteiger partial charge in [-0.1, -0.05) is 48.5 Å². The molecule has 1 aromatic heterocycles. The Balaban J connectivity index is 1.27. The Hall–Kier alpha value is -3.77. The van der Waals surface area contributed by atoms with Crippen LogP contribution in [0.25, 0.3) is 22.9 Å². The van der Waals surface area contributed by atoms with Crippen molar-refractivity contribution in [2.45, 2.75) is 19.9 Å². The van der Waals surface area contributed by atoms with E-state index in [9.17, 15) is 4.79 Å². The van der Waals surface area contributed by atoms with Gasteiger partial charge in [-0.05, 0) is 68.4 Å². The lowest BCUT2D eigenvalue weighted by Crippen LogP contribution is -2.28. The Labute approximate surface area is 194 Å². The fourth-order valence-corrected chi connectivity index (χ4v) is 3.65. The number of nitrogens with one attached hydrogen (secondary N) is 1. The molecule has 3 aromatic carbocycles. The number of carbonyl (C=O) groups is 1. The van der Waals surface area contributed by atoms with E-state index in [1.54, 1.807) is 12.1 Å². The van der Waals surface area contributed by atoms with Gasteiger partial charge in [0, 0.05) is 29.8 Å². The zero-order chi connectivity index (χ0) is 23.0. The van der Waals surface area contributed by atoms with Crippen molar-refractivity contribution >= 4 is 5.91 Å². The van der Waals surface area contributed by atoms with Gasteiger partial charge in [-0.3, -0.25) is 4.79 Å². The summed E-state index contributed by atoms with van der Waals surface area (Å²) in [5.41, 5.74) is 4.67. The predicted octanol–water partition coefficient (Wildman–Crippen LogP) is 4.96. The third-order valence-electron chi connectivity index (χ3n) is 5.49. The molecule has 1 N–H and O–H groups in total. The molecule has 33 heavy (non-hydrogen) atoms. The topological polar surface area (TPSA) is 71.3 Å². The van der Waals surface area contributed by atoms with Crippen LogP contribution in [0.1, 0.15) is 27.9 Å². The number of hydrogen-bond acceptors (Lipinski definition) is 5. The highest BCUT2D eigenvalue weighted by Gasteiger charge is 2.13. The Kier molecular flexibility index (Phi) is 7.27. The van der Waals surface area contributed by atoms with E-state index in [1.165, 1.54) is 5.56 Å². The SMILES string of the molecule is Cc1ccccc1-c1nnc(-c2ccc(C(=O)NCCCN(C)Cc3ccccc3)cc2)o1. The molecular formula is C27H28N4O2. The molecule has 1 amide bonds. The van der Waals surface area contributed by atoms with Crippen molar-refractivity contribution < 1.29 is 9.21 Å². The Morgan fingerprint density at radius 3 is 2.36 bits per heavy atom. The van der Waals surface area contributed by atoms with Crippen LogP contribution in [0.5, 0.6) is 0 Å². The van der Waals surface area contributed by atoms with E-state index in [4.69, 9.17) is 4.42 Å². The molecular weight excluding hydrogens is 412 g/mol. The molecule has 0 saturated heterocycles. The molecule has 0 saturated carbocycles. The van der Waals surface area contributed by atoms with Crippen LogP contribution >= 0.6 is 0 Å². The van der Waals surface area contributed by atoms with Crippen molar-refractivity contribution in [3.63, 3.8) is 0 Å². The highest BCUT2D eigenvalue weighted by atomic mass is 16.4. The highest BCUT2D eigenvalue weighted by Crippen LogP contribution is 2.26. The lowest BCUT2D eigenvalue weighted by Gasteiger charge is -2.16. The van der Waals surface area contributed by atoms with Gasteiger partial charge in [-0.2, -0.15) is 0 Å². The Bertz CT molecular complexity index is 1190. The minimum Gasteiger partial charge on any atom is -0.416 e. The van der Waals surface area contributed by atoms with Gasteiger partial charge < -0.3 is 14.6 Å². The maximum absolute atomic E-state index is 12.5. The van der Waals surface area contributed by atoms with Gasteiger partial charge >= 0.3 is 0 Å². The summed E-state index contributed by atoms with van der Waals surface area (Å²) in [6.45, 7) is 4.45. The first-order chi connectivity index (χ1) is 16.1. The van der Waals surface area contributed by atoms with Gasteiger partial charge in [0.15, 0.2) is 0 Å². The maximum Gasteiger partial charge on any atom is 0.251 e. The minimum atomic E-state index is -0.0848. The van der Waals surface area contributed by atoms with Crippen LogP contribution in [0.2, 0.25) is 0 Å². The van der Waals surface area contributed by atoms with E-state index in [1.807, 2.05) is 49.4 Å². The van der Waals surface area contributed by atoms with Gasteiger partial charge in [0.05, 0.1) is 0 Å². The standard InChI is InChI=1S/C27H28N4O2/c1-20-9-6-7-12-24(20)27-30-29-26(33-27)23-15-13-22(14-16-23)25(32)28-17-8-18-31(2)19-21-10-4-3-5-11-21/h3-7,9-16H,8,17-19H2,1-2H3,(H,28,32). The van der Waals surface area contributed by atoms with Crippen molar-refractivity contribution in [2.75, 3.05) is 20.1 Å². The molecule has 0 aliphatic carbocycles. The minimum absolute atomic E-state index is 0.0848. The molecule has 0 spiro atoms. The summed E-state index contributed by atoms with van der Waals surface area (Å²) < 4.78 is 5.85. The molecule has 0 radical (unpaired) electrons. The van der Waals surface area contributed by atoms with Crippen molar-refractivity contribution in [1.29, 1.82) is 0 Å². The molecule has 168 valence electrons. The van der Waals surface area contributed by atoms with Crippen LogP contribution in [0.4, 0.5) is 0 Å². The molecule has 0 atom stereocenters. The number of hydrogen-bond donors (Lipinski definition) is 1. The number of benzene rings is 3. The molecule has 4 aromatic rings. The monoisotopic (exact) mass is 440 g/mol. The number of aryl methyl sites for hydroxylation is 1. The van der Waals surface area contributed by atoms with E-state index in [-0.39, 0.29) is 5.91 Å². The molecule has 0 unspecified atom stereocenters. The van der Waals surface area contributed by atoms with Crippen LogP contribution in [0.3, 0.4) is 0 Å². The fraction of sp³-hybridized carbons (Fsp3) is 0.222. The van der Waals surface area contributed by atoms with Gasteiger partial charge in [-0.15, -0.1) is 10.2 Å². The molecule has 6 nitrogen and oxygen atoms in total. The van der Waals surface area contributed by atoms with E-state index < -0.39 is 0 Å². The first-order valence-corrected chi connectivity index (χ1v) is 11.1. The van der Waals surface area contributed by atoms with Crippen LogP contribution in [-0.4, -0.2) is 41.1 Å². The largest absolute Gasteiger partial charge is 0.416 e. The summed E-state index contributed by atoms with van der Waals surface area (Å²) in [4.78, 5) is 14.7. The third-order valence-corrected chi connectivity index (χ3v) is 5.49. The van der Waals surface area contributed by atoms with Gasteiger partial charge in [0.25, 0.3) is 5.91 Å². The molecule has 1 heterocycles. The number of carbonyl (C=O) groups excluding carboxylic acids is 1. The van der Waals surface area contributed by atoms with Crippen molar-refractivity contribution in [3.05, 3.63) is 95.6 Å². The van der Waals surface area contributed by atoms with Crippen LogP contribution < -0.4 is 5.32 Å². The first-order valence-electron chi connectivity index (χ1n) is 11.1. The second-order valence-electron chi connectivity index (χ2n) is 8.14. The van der Waals surface area contributed by atoms with Crippen molar-refractivity contribution in [1.82, 2.24) is 20.4 Å². The second-order valence-corrected chi connectivity index (χ2v) is 8.14. The fourth-order valence-electron chi connectivity index (χ4n) is 3.65. The zero-order valence-corrected chi connectivity index (χ0v) is 19.0. The number of rotatable bonds is 9. The van der Waals surface area contributed by atoms with E-state index in [0.29, 0.717) is 23.9 Å². The quantitative estimate of drug-likeness (QED) is 0.372. The average molecular weight is 441 g/mol. The molecule has 0 aliphatic rings. The zero-order valence-electron chi connectivity index (χ0n) is 19.0. The summed E-state index contributed by atoms with van der Waals surface area (Å²) in [5, 5.41) is 11.3. The number of nitrogens with zero attached hydrogens (tertiary/aromatic N) is 3. The molecule has 4 rings (SSSR count). The summed E-state index contributed by atoms with van der Waals surface area (Å²) >= 11 is 0. The maximum atomic E-state index is 12.5. The smallest absolute Gasteiger partial charge is 0.251 e. The van der Waals surface area contributed by atoms with Crippen molar-refractivity contribution in [3.8, 4) is 22.9 Å². The molecule has 6 heteroatoms. The Morgan fingerprint density at radius 2 is 1.61 bits per heavy atom. The highest BCUT2D eigenvalue weighted by molar-refractivity contribution is 5.94. The predicted molar refractivity (Wildman–Crippen MR) is 130 cm³/mol. The van der Waals surface area contributed by atoms with E-state index in [2.05, 4.69) is 51.7 Å². The normalized spacial score (nSPS) is 11.0. The second kappa shape index (κ2) is 10.7. The van der Waals surface area contributed by atoms with Crippen LogP contribution in [0, 0.1) is 6.92 Å². The Morgan fingerprint density at radius 1 is 0.909 bits per heavy atom. The number of amides is 1. The van der Waals surface area contributed by atoms with Gasteiger partial charge in [-0.25, -0.2) is 0 Å². The van der Waals surface area contributed by atoms with Crippen molar-refractivity contribution in [2.24, 2.45) is 0 Å². The summed E-state index contributed by atoms with van der Waals surface area (Å²) in [6, 6.07) is 25.5. The van der Waals surface area contributed by atoms with Crippen LogP contribution in [-0.2, 0) is 6.54 Å². The first kappa shape index (κ1) is 22.4. The van der Waals surface area contributed by atoms with E-state index >= 15 is 0 Å². The molecule has 0 bridgehead atoms. The van der Waals surface area contributed by atoms with E-state index in [0.717, 1.165) is 36.2 Å². The molecule has 0 fully saturated rings. The summed E-state index contributed by atoms with van der Waals surface area (Å²) in [6.07, 6.45) is 0.886. The lowest BCUT2D eigenvalue weighted by molar-refractivity contribution is 0.0952. The average Bonchev–Trinajstić information content (AvgIpc) is 3.33. The van der Waals surface area contributed by atoms with Gasteiger partial charge in [0.2, 0.25) is 11.8 Å². The molecule has 0 aliphatic heterocycles. The van der Waals surface area contributed by atoms with Crippen LogP contribution in [0.15, 0.2) is 83.3 Å². The van der Waals surface area contributed by atoms with Gasteiger partial charge in [0.1, 0.15) is 0 Å². The third kappa shape index (κ3) is 5.93. The number of aromatic nitrogens is 2.